The van der Waals surface area contributed by atoms with Crippen molar-refractivity contribution in [3.63, 3.8) is 0 Å². The first kappa shape index (κ1) is 17.5. The van der Waals surface area contributed by atoms with E-state index in [1.807, 2.05) is 0 Å². The molecule has 0 fully saturated rings. The Labute approximate surface area is 128 Å². The minimum atomic E-state index is 0.341. The number of hydrogen-bond acceptors (Lipinski definition) is 6. The van der Waals surface area contributed by atoms with E-state index in [-0.39, 0.29) is 0 Å². The van der Waals surface area contributed by atoms with E-state index in [0.29, 0.717) is 6.04 Å². The molecule has 0 saturated heterocycles. The molecule has 1 unspecified atom stereocenters. The summed E-state index contributed by atoms with van der Waals surface area (Å²) in [6.45, 7) is 9.15. The van der Waals surface area contributed by atoms with E-state index in [0.717, 1.165) is 43.4 Å². The van der Waals surface area contributed by atoms with Crippen molar-refractivity contribution in [2.75, 3.05) is 51.1 Å². The maximum absolute atomic E-state index is 5.57. The lowest BCUT2D eigenvalue weighted by Crippen LogP contribution is -2.40. The number of hydrogen-bond donors (Lipinski definition) is 1. The Kier molecular flexibility index (Phi) is 7.22. The summed E-state index contributed by atoms with van der Waals surface area (Å²) in [4.78, 5) is 13.2. The fourth-order valence-corrected chi connectivity index (χ4v) is 2.42. The summed E-state index contributed by atoms with van der Waals surface area (Å²) in [7, 11) is 5.83. The lowest BCUT2D eigenvalue weighted by molar-refractivity contribution is 0.367. The SMILES string of the molecule is CCCNc1ncnc(N(CC)C(C)CN(C)C)c1OC. The summed E-state index contributed by atoms with van der Waals surface area (Å²) in [6.07, 6.45) is 2.64. The molecule has 1 aromatic heterocycles. The van der Waals surface area contributed by atoms with Gasteiger partial charge in [-0.15, -0.1) is 0 Å². The van der Waals surface area contributed by atoms with Crippen LogP contribution >= 0.6 is 0 Å². The second kappa shape index (κ2) is 8.67. The molecule has 6 nitrogen and oxygen atoms in total. The predicted octanol–water partition coefficient (Wildman–Crippen LogP) is 2.08. The van der Waals surface area contributed by atoms with Gasteiger partial charge in [0.15, 0.2) is 11.6 Å². The van der Waals surface area contributed by atoms with Crippen LogP contribution in [0.5, 0.6) is 5.75 Å². The number of likely N-dealkylation sites (N-methyl/N-ethyl adjacent to an activating group) is 2. The van der Waals surface area contributed by atoms with Crippen LogP contribution in [0.2, 0.25) is 0 Å². The van der Waals surface area contributed by atoms with Crippen molar-refractivity contribution in [1.29, 1.82) is 0 Å². The third-order valence-electron chi connectivity index (χ3n) is 3.31. The second-order valence-electron chi connectivity index (χ2n) is 5.40. The van der Waals surface area contributed by atoms with Crippen LogP contribution in [0.1, 0.15) is 27.2 Å². The highest BCUT2D eigenvalue weighted by Crippen LogP contribution is 2.32. The van der Waals surface area contributed by atoms with Crippen molar-refractivity contribution in [3.05, 3.63) is 6.33 Å². The number of nitrogens with one attached hydrogen (secondary N) is 1. The van der Waals surface area contributed by atoms with Crippen molar-refractivity contribution in [3.8, 4) is 5.75 Å². The van der Waals surface area contributed by atoms with Crippen molar-refractivity contribution >= 4 is 11.6 Å². The van der Waals surface area contributed by atoms with Crippen molar-refractivity contribution in [1.82, 2.24) is 14.9 Å². The monoisotopic (exact) mass is 295 g/mol. The van der Waals surface area contributed by atoms with E-state index < -0.39 is 0 Å². The molecule has 1 heterocycles. The average Bonchev–Trinajstić information content (AvgIpc) is 2.45. The highest BCUT2D eigenvalue weighted by Gasteiger charge is 2.21. The van der Waals surface area contributed by atoms with Crippen molar-refractivity contribution < 1.29 is 4.74 Å². The van der Waals surface area contributed by atoms with Gasteiger partial charge in [-0.05, 0) is 34.4 Å². The molecule has 0 aromatic carbocycles. The molecule has 6 heteroatoms. The van der Waals surface area contributed by atoms with Gasteiger partial charge in [0.1, 0.15) is 6.33 Å². The first-order chi connectivity index (χ1) is 10.0. The standard InChI is InChI=1S/C15H29N5O/c1-7-9-16-14-13(21-6)15(18-11-17-14)20(8-2)12(3)10-19(4)5/h11-12H,7-10H2,1-6H3,(H,16,17,18). The van der Waals surface area contributed by atoms with Crippen LogP contribution in [-0.4, -0.2) is 61.7 Å². The highest BCUT2D eigenvalue weighted by atomic mass is 16.5. The van der Waals surface area contributed by atoms with E-state index in [2.05, 4.69) is 60.0 Å². The van der Waals surface area contributed by atoms with Crippen LogP contribution in [-0.2, 0) is 0 Å². The Morgan fingerprint density at radius 2 is 2.00 bits per heavy atom. The zero-order valence-corrected chi connectivity index (χ0v) is 14.2. The van der Waals surface area contributed by atoms with Crippen molar-refractivity contribution in [2.45, 2.75) is 33.2 Å². The van der Waals surface area contributed by atoms with E-state index in [9.17, 15) is 0 Å². The Hall–Kier alpha value is -1.56. The molecule has 0 aliphatic rings. The van der Waals surface area contributed by atoms with Gasteiger partial charge in [-0.25, -0.2) is 9.97 Å². The summed E-state index contributed by atoms with van der Waals surface area (Å²) in [6, 6.07) is 0.341. The number of ether oxygens (including phenoxy) is 1. The smallest absolute Gasteiger partial charge is 0.204 e. The van der Waals surface area contributed by atoms with E-state index in [4.69, 9.17) is 4.74 Å². The summed E-state index contributed by atoms with van der Waals surface area (Å²) >= 11 is 0. The van der Waals surface area contributed by atoms with Gasteiger partial charge in [-0.1, -0.05) is 6.92 Å². The van der Waals surface area contributed by atoms with Gasteiger partial charge in [0, 0.05) is 25.7 Å². The normalized spacial score (nSPS) is 12.3. The molecule has 0 saturated carbocycles. The molecule has 1 atom stereocenters. The lowest BCUT2D eigenvalue weighted by Gasteiger charge is -2.32. The fraction of sp³-hybridized carbons (Fsp3) is 0.733. The predicted molar refractivity (Wildman–Crippen MR) is 88.4 cm³/mol. The summed E-state index contributed by atoms with van der Waals surface area (Å²) in [5.74, 6) is 2.33. The zero-order valence-electron chi connectivity index (χ0n) is 14.2. The van der Waals surface area contributed by atoms with Gasteiger partial charge < -0.3 is 19.9 Å². The van der Waals surface area contributed by atoms with Gasteiger partial charge in [0.25, 0.3) is 0 Å². The molecule has 21 heavy (non-hydrogen) atoms. The molecule has 120 valence electrons. The third-order valence-corrected chi connectivity index (χ3v) is 3.31. The first-order valence-electron chi connectivity index (χ1n) is 7.59. The topological polar surface area (TPSA) is 53.5 Å². The van der Waals surface area contributed by atoms with E-state index >= 15 is 0 Å². The molecule has 0 spiro atoms. The molecule has 1 rings (SSSR count). The maximum atomic E-state index is 5.57. The molecule has 0 amide bonds. The van der Waals surface area contributed by atoms with Crippen LogP contribution < -0.4 is 15.0 Å². The molecule has 0 aliphatic heterocycles. The van der Waals surface area contributed by atoms with Crippen LogP contribution in [0.25, 0.3) is 0 Å². The fourth-order valence-electron chi connectivity index (χ4n) is 2.42. The van der Waals surface area contributed by atoms with Crippen LogP contribution in [0.4, 0.5) is 11.6 Å². The molecule has 1 aromatic rings. The molecular formula is C15H29N5O. The maximum Gasteiger partial charge on any atom is 0.204 e. The average molecular weight is 295 g/mol. The van der Waals surface area contributed by atoms with E-state index in [1.165, 1.54) is 0 Å². The number of nitrogens with zero attached hydrogens (tertiary/aromatic N) is 4. The number of methoxy groups -OCH3 is 1. The van der Waals surface area contributed by atoms with Gasteiger partial charge in [0.05, 0.1) is 7.11 Å². The van der Waals surface area contributed by atoms with Crippen LogP contribution in [0.3, 0.4) is 0 Å². The summed E-state index contributed by atoms with van der Waals surface area (Å²) < 4.78 is 5.57. The van der Waals surface area contributed by atoms with Gasteiger partial charge in [-0.3, -0.25) is 0 Å². The summed E-state index contributed by atoms with van der Waals surface area (Å²) in [5.41, 5.74) is 0. The number of aromatic nitrogens is 2. The Morgan fingerprint density at radius 1 is 1.29 bits per heavy atom. The molecular weight excluding hydrogens is 266 g/mol. The van der Waals surface area contributed by atoms with Gasteiger partial charge in [-0.2, -0.15) is 0 Å². The van der Waals surface area contributed by atoms with E-state index in [1.54, 1.807) is 13.4 Å². The second-order valence-corrected chi connectivity index (χ2v) is 5.40. The Bertz CT molecular complexity index is 425. The zero-order chi connectivity index (χ0) is 15.8. The largest absolute Gasteiger partial charge is 0.490 e. The molecule has 0 radical (unpaired) electrons. The highest BCUT2D eigenvalue weighted by molar-refractivity contribution is 5.65. The first-order valence-corrected chi connectivity index (χ1v) is 7.59. The van der Waals surface area contributed by atoms with Crippen molar-refractivity contribution in [2.24, 2.45) is 0 Å². The minimum absolute atomic E-state index is 0.341. The lowest BCUT2D eigenvalue weighted by atomic mass is 10.2. The number of anilines is 2. The third kappa shape index (κ3) is 4.74. The Balaban J connectivity index is 3.07. The molecule has 0 aliphatic carbocycles. The van der Waals surface area contributed by atoms with Gasteiger partial charge >= 0.3 is 0 Å². The minimum Gasteiger partial charge on any atom is -0.490 e. The van der Waals surface area contributed by atoms with Crippen LogP contribution in [0, 0.1) is 0 Å². The van der Waals surface area contributed by atoms with Crippen LogP contribution in [0.15, 0.2) is 6.33 Å². The quantitative estimate of drug-likeness (QED) is 0.753. The number of rotatable bonds is 9. The Morgan fingerprint density at radius 3 is 2.52 bits per heavy atom. The summed E-state index contributed by atoms with van der Waals surface area (Å²) in [5, 5.41) is 3.30. The molecule has 1 N–H and O–H groups in total. The molecule has 0 bridgehead atoms. The van der Waals surface area contributed by atoms with Gasteiger partial charge in [0.2, 0.25) is 5.75 Å².